The molecule has 1 aromatic heterocycles. The van der Waals surface area contributed by atoms with E-state index in [1.165, 1.54) is 0 Å². The van der Waals surface area contributed by atoms with Crippen LogP contribution in [0.25, 0.3) is 0 Å². The molecule has 0 radical (unpaired) electrons. The lowest BCUT2D eigenvalue weighted by Crippen LogP contribution is -2.14. The van der Waals surface area contributed by atoms with Gasteiger partial charge in [-0.15, -0.1) is 0 Å². The largest absolute Gasteiger partial charge is 0.324 e. The Morgan fingerprint density at radius 3 is 2.22 bits per heavy atom. The summed E-state index contributed by atoms with van der Waals surface area (Å²) in [4.78, 5) is 8.31. The molecule has 0 amide bonds. The minimum Gasteiger partial charge on any atom is -0.324 e. The molecule has 94 valence electrons. The first kappa shape index (κ1) is 12.6. The van der Waals surface area contributed by atoms with Crippen LogP contribution in [0.1, 0.15) is 0 Å². The fourth-order valence-corrected chi connectivity index (χ4v) is 1.75. The van der Waals surface area contributed by atoms with Crippen molar-refractivity contribution in [1.82, 2.24) is 9.97 Å². The first-order valence-corrected chi connectivity index (χ1v) is 5.85. The van der Waals surface area contributed by atoms with Gasteiger partial charge in [-0.05, 0) is 18.2 Å². The smallest absolute Gasteiger partial charge is 0.231 e. The summed E-state index contributed by atoms with van der Waals surface area (Å²) in [5.41, 5.74) is 5.74. The molecule has 0 aliphatic rings. The molecule has 0 aliphatic heterocycles. The number of benzene rings is 1. The first-order chi connectivity index (χ1) is 8.71. The standard InChI is InChI=1S/C10H12BrN7/c11-6-2-1-3-7(4-6)14-10-15-8(17-12)5-9(16-10)18-13/h1-5H,12-13H2,(H3,14,15,16,17,18). The first-order valence-electron chi connectivity index (χ1n) is 5.06. The second-order valence-corrected chi connectivity index (χ2v) is 4.30. The quantitative estimate of drug-likeness (QED) is 0.430. The Kier molecular flexibility index (Phi) is 3.92. The van der Waals surface area contributed by atoms with Crippen molar-refractivity contribution < 1.29 is 0 Å². The van der Waals surface area contributed by atoms with Crippen LogP contribution in [0.2, 0.25) is 0 Å². The third kappa shape index (κ3) is 3.06. The van der Waals surface area contributed by atoms with Crippen molar-refractivity contribution >= 4 is 39.2 Å². The summed E-state index contributed by atoms with van der Waals surface area (Å²) in [7, 11) is 0. The molecule has 0 fully saturated rings. The Morgan fingerprint density at radius 2 is 1.67 bits per heavy atom. The summed E-state index contributed by atoms with van der Waals surface area (Å²) in [5, 5.41) is 3.05. The number of nitrogens with two attached hydrogens (primary N) is 2. The maximum atomic E-state index is 5.32. The predicted octanol–water partition coefficient (Wildman–Crippen LogP) is 1.55. The van der Waals surface area contributed by atoms with Crippen molar-refractivity contribution in [2.75, 3.05) is 16.2 Å². The van der Waals surface area contributed by atoms with Gasteiger partial charge in [-0.25, -0.2) is 11.7 Å². The molecule has 0 saturated heterocycles. The summed E-state index contributed by atoms with van der Waals surface area (Å²) in [6, 6.07) is 9.22. The summed E-state index contributed by atoms with van der Waals surface area (Å²) in [6.07, 6.45) is 0. The van der Waals surface area contributed by atoms with Crippen molar-refractivity contribution in [2.45, 2.75) is 0 Å². The van der Waals surface area contributed by atoms with Crippen LogP contribution in [0.4, 0.5) is 23.3 Å². The van der Waals surface area contributed by atoms with Gasteiger partial charge in [-0.1, -0.05) is 22.0 Å². The molecule has 7 nitrogen and oxygen atoms in total. The lowest BCUT2D eigenvalue weighted by atomic mass is 10.3. The molecule has 0 saturated carbocycles. The molecule has 0 bridgehead atoms. The van der Waals surface area contributed by atoms with E-state index in [9.17, 15) is 0 Å². The third-order valence-corrected chi connectivity index (χ3v) is 2.60. The normalized spacial score (nSPS) is 9.94. The van der Waals surface area contributed by atoms with E-state index in [1.54, 1.807) is 6.07 Å². The zero-order valence-electron chi connectivity index (χ0n) is 9.31. The molecule has 1 heterocycles. The van der Waals surface area contributed by atoms with E-state index in [1.807, 2.05) is 24.3 Å². The van der Waals surface area contributed by atoms with Crippen molar-refractivity contribution in [2.24, 2.45) is 11.7 Å². The highest BCUT2D eigenvalue weighted by molar-refractivity contribution is 9.10. The SMILES string of the molecule is NNc1cc(NN)nc(Nc2cccc(Br)c2)n1. The highest BCUT2D eigenvalue weighted by Crippen LogP contribution is 2.20. The summed E-state index contributed by atoms with van der Waals surface area (Å²) in [5.74, 6) is 11.9. The zero-order chi connectivity index (χ0) is 13.0. The third-order valence-electron chi connectivity index (χ3n) is 2.10. The number of nitrogens with one attached hydrogen (secondary N) is 3. The number of aromatic nitrogens is 2. The summed E-state index contributed by atoms with van der Waals surface area (Å²) >= 11 is 3.39. The second-order valence-electron chi connectivity index (χ2n) is 3.39. The Labute approximate surface area is 112 Å². The molecule has 8 heteroatoms. The number of hydrogen-bond donors (Lipinski definition) is 5. The zero-order valence-corrected chi connectivity index (χ0v) is 10.9. The van der Waals surface area contributed by atoms with Gasteiger partial charge in [0.05, 0.1) is 0 Å². The Hall–Kier alpha value is -1.90. The van der Waals surface area contributed by atoms with Gasteiger partial charge in [0.15, 0.2) is 0 Å². The van der Waals surface area contributed by atoms with Gasteiger partial charge < -0.3 is 16.2 Å². The molecular weight excluding hydrogens is 298 g/mol. The summed E-state index contributed by atoms with van der Waals surface area (Å²) in [6.45, 7) is 0. The van der Waals surface area contributed by atoms with Gasteiger partial charge in [-0.3, -0.25) is 0 Å². The van der Waals surface area contributed by atoms with Crippen molar-refractivity contribution in [3.63, 3.8) is 0 Å². The number of halogens is 1. The van der Waals surface area contributed by atoms with Crippen LogP contribution in [0.15, 0.2) is 34.8 Å². The lowest BCUT2D eigenvalue weighted by molar-refractivity contribution is 1.12. The Balaban J connectivity index is 2.28. The number of hydrazine groups is 2. The summed E-state index contributed by atoms with van der Waals surface area (Å²) < 4.78 is 0.956. The van der Waals surface area contributed by atoms with Gasteiger partial charge in [0.25, 0.3) is 0 Å². The monoisotopic (exact) mass is 309 g/mol. The van der Waals surface area contributed by atoms with E-state index >= 15 is 0 Å². The minimum atomic E-state index is 0.386. The minimum absolute atomic E-state index is 0.386. The number of nitrogens with zero attached hydrogens (tertiary/aromatic N) is 2. The van der Waals surface area contributed by atoms with Gasteiger partial charge in [-0.2, -0.15) is 9.97 Å². The van der Waals surface area contributed by atoms with Gasteiger partial charge in [0.2, 0.25) is 5.95 Å². The van der Waals surface area contributed by atoms with Crippen LogP contribution in [-0.4, -0.2) is 9.97 Å². The van der Waals surface area contributed by atoms with E-state index in [4.69, 9.17) is 11.7 Å². The van der Waals surface area contributed by atoms with E-state index < -0.39 is 0 Å². The molecule has 0 unspecified atom stereocenters. The van der Waals surface area contributed by atoms with E-state index in [0.717, 1.165) is 10.2 Å². The number of nitrogen functional groups attached to an aromatic ring is 2. The molecule has 7 N–H and O–H groups in total. The van der Waals surface area contributed by atoms with Crippen LogP contribution >= 0.6 is 15.9 Å². The molecule has 18 heavy (non-hydrogen) atoms. The fourth-order valence-electron chi connectivity index (χ4n) is 1.35. The van der Waals surface area contributed by atoms with Crippen LogP contribution < -0.4 is 27.9 Å². The van der Waals surface area contributed by atoms with Crippen molar-refractivity contribution in [3.05, 3.63) is 34.8 Å². The molecule has 2 rings (SSSR count). The van der Waals surface area contributed by atoms with Crippen LogP contribution in [0, 0.1) is 0 Å². The van der Waals surface area contributed by atoms with E-state index in [-0.39, 0.29) is 0 Å². The second kappa shape index (κ2) is 5.63. The van der Waals surface area contributed by atoms with Gasteiger partial charge in [0, 0.05) is 16.2 Å². The average Bonchev–Trinajstić information content (AvgIpc) is 2.38. The maximum absolute atomic E-state index is 5.32. The number of rotatable bonds is 4. The highest BCUT2D eigenvalue weighted by Gasteiger charge is 2.03. The molecule has 2 aromatic rings. The van der Waals surface area contributed by atoms with Crippen LogP contribution in [0.3, 0.4) is 0 Å². The molecule has 1 aromatic carbocycles. The molecule has 0 atom stereocenters. The van der Waals surface area contributed by atoms with E-state index in [2.05, 4.69) is 42.1 Å². The van der Waals surface area contributed by atoms with Crippen molar-refractivity contribution in [1.29, 1.82) is 0 Å². The molecular formula is C10H12BrN7. The van der Waals surface area contributed by atoms with Crippen LogP contribution in [-0.2, 0) is 0 Å². The predicted molar refractivity (Wildman–Crippen MR) is 75.1 cm³/mol. The number of anilines is 4. The van der Waals surface area contributed by atoms with E-state index in [0.29, 0.717) is 17.6 Å². The number of hydrogen-bond acceptors (Lipinski definition) is 7. The Bertz CT molecular complexity index is 523. The Morgan fingerprint density at radius 1 is 1.00 bits per heavy atom. The highest BCUT2D eigenvalue weighted by atomic mass is 79.9. The van der Waals surface area contributed by atoms with Gasteiger partial charge in [0.1, 0.15) is 11.6 Å². The molecule has 0 aliphatic carbocycles. The topological polar surface area (TPSA) is 114 Å². The van der Waals surface area contributed by atoms with Crippen LogP contribution in [0.5, 0.6) is 0 Å². The van der Waals surface area contributed by atoms with Gasteiger partial charge >= 0.3 is 0 Å². The fraction of sp³-hybridized carbons (Fsp3) is 0. The molecule has 0 spiro atoms. The maximum Gasteiger partial charge on any atom is 0.231 e. The van der Waals surface area contributed by atoms with Crippen molar-refractivity contribution in [3.8, 4) is 0 Å². The lowest BCUT2D eigenvalue weighted by Gasteiger charge is -2.09. The average molecular weight is 310 g/mol.